The number of hydrogen-bond donors (Lipinski definition) is 2. The van der Waals surface area contributed by atoms with E-state index in [0.717, 1.165) is 5.56 Å². The molecule has 9 heteroatoms. The molecule has 0 aliphatic rings. The van der Waals surface area contributed by atoms with E-state index in [9.17, 15) is 13.5 Å². The first-order chi connectivity index (χ1) is 19.4. The molecular formula is C33H47NO6SSi. The number of benzene rings is 3. The Bertz CT molecular complexity index is 1440. The van der Waals surface area contributed by atoms with Gasteiger partial charge in [0.25, 0.3) is 0 Å². The number of nitrogens with one attached hydrogen (secondary N) is 1. The van der Waals surface area contributed by atoms with Crippen LogP contribution in [0.1, 0.15) is 55.5 Å². The summed E-state index contributed by atoms with van der Waals surface area (Å²) in [6.07, 6.45) is -0.772. The molecule has 2 atom stereocenters. The highest BCUT2D eigenvalue weighted by molar-refractivity contribution is 7.89. The van der Waals surface area contributed by atoms with E-state index in [1.807, 2.05) is 26.0 Å². The van der Waals surface area contributed by atoms with Crippen LogP contribution in [0.3, 0.4) is 0 Å². The van der Waals surface area contributed by atoms with Crippen LogP contribution >= 0.6 is 0 Å². The van der Waals surface area contributed by atoms with Gasteiger partial charge < -0.3 is 19.0 Å². The fourth-order valence-electron chi connectivity index (χ4n) is 5.45. The van der Waals surface area contributed by atoms with Gasteiger partial charge in [0, 0.05) is 11.1 Å². The van der Waals surface area contributed by atoms with Crippen LogP contribution in [0.25, 0.3) is 0 Å². The molecule has 42 heavy (non-hydrogen) atoms. The molecule has 3 aromatic rings. The van der Waals surface area contributed by atoms with Gasteiger partial charge in [-0.05, 0) is 69.1 Å². The maximum absolute atomic E-state index is 14.4. The number of hydrogen-bond acceptors (Lipinski definition) is 6. The van der Waals surface area contributed by atoms with Crippen LogP contribution < -0.4 is 14.2 Å². The third-order valence-corrected chi connectivity index (χ3v) is 14.7. The van der Waals surface area contributed by atoms with E-state index in [0.29, 0.717) is 33.8 Å². The van der Waals surface area contributed by atoms with Gasteiger partial charge in [0.05, 0.1) is 31.3 Å². The highest BCUT2D eigenvalue weighted by atomic mass is 32.2. The Balaban J connectivity index is 2.40. The second-order valence-corrected chi connectivity index (χ2v) is 19.0. The molecule has 0 aliphatic heterocycles. The van der Waals surface area contributed by atoms with Crippen LogP contribution in [0.2, 0.25) is 18.1 Å². The lowest BCUT2D eigenvalue weighted by molar-refractivity contribution is -0.00566. The lowest BCUT2D eigenvalue weighted by atomic mass is 9.77. The average molecular weight is 614 g/mol. The van der Waals surface area contributed by atoms with E-state index >= 15 is 0 Å². The van der Waals surface area contributed by atoms with Crippen molar-refractivity contribution < 1.29 is 27.4 Å². The monoisotopic (exact) mass is 613 g/mol. The Morgan fingerprint density at radius 2 is 1.26 bits per heavy atom. The van der Waals surface area contributed by atoms with E-state index < -0.39 is 36.1 Å². The summed E-state index contributed by atoms with van der Waals surface area (Å²) < 4.78 is 49.9. The maximum atomic E-state index is 14.4. The zero-order valence-corrected chi connectivity index (χ0v) is 28.6. The highest BCUT2D eigenvalue weighted by Gasteiger charge is 2.51. The second kappa shape index (κ2) is 12.5. The smallest absolute Gasteiger partial charge is 0.241 e. The summed E-state index contributed by atoms with van der Waals surface area (Å²) in [7, 11) is -3.57. The Labute approximate surface area is 253 Å². The first kappa shape index (κ1) is 33.8. The second-order valence-electron chi connectivity index (χ2n) is 12.6. The highest BCUT2D eigenvalue weighted by Crippen LogP contribution is 2.45. The molecule has 0 aromatic heterocycles. The lowest BCUT2D eigenvalue weighted by Crippen LogP contribution is -2.60. The van der Waals surface area contributed by atoms with Gasteiger partial charge in [-0.25, -0.2) is 13.1 Å². The topological polar surface area (TPSA) is 94.1 Å². The van der Waals surface area contributed by atoms with Gasteiger partial charge >= 0.3 is 0 Å². The van der Waals surface area contributed by atoms with Gasteiger partial charge in [0.2, 0.25) is 10.0 Å². The van der Waals surface area contributed by atoms with Crippen molar-refractivity contribution in [2.75, 3.05) is 14.2 Å². The fourth-order valence-corrected chi connectivity index (χ4v) is 8.65. The predicted octanol–water partition coefficient (Wildman–Crippen LogP) is 6.62. The summed E-state index contributed by atoms with van der Waals surface area (Å²) in [5.74, 6) is 0.801. The van der Waals surface area contributed by atoms with Crippen molar-refractivity contribution in [1.29, 1.82) is 0 Å². The molecule has 0 amide bonds. The number of aliphatic hydroxyl groups is 1. The predicted molar refractivity (Wildman–Crippen MR) is 171 cm³/mol. The number of sulfonamides is 1. The van der Waals surface area contributed by atoms with Gasteiger partial charge in [-0.15, -0.1) is 0 Å². The third kappa shape index (κ3) is 6.60. The van der Waals surface area contributed by atoms with Crippen molar-refractivity contribution in [2.45, 2.75) is 89.2 Å². The summed E-state index contributed by atoms with van der Waals surface area (Å²) in [4.78, 5) is 0.181. The number of methoxy groups -OCH3 is 2. The quantitative estimate of drug-likeness (QED) is 0.236. The van der Waals surface area contributed by atoms with Crippen molar-refractivity contribution >= 4 is 18.3 Å². The Hall–Kier alpha value is -2.69. The average Bonchev–Trinajstić information content (AvgIpc) is 2.89. The number of para-hydroxylation sites is 2. The third-order valence-electron chi connectivity index (χ3n) is 8.40. The molecule has 2 unspecified atom stereocenters. The van der Waals surface area contributed by atoms with Crippen LogP contribution in [0, 0.1) is 20.8 Å². The van der Waals surface area contributed by atoms with Gasteiger partial charge in [0.15, 0.2) is 8.32 Å². The summed E-state index contributed by atoms with van der Waals surface area (Å²) >= 11 is 0. The van der Waals surface area contributed by atoms with E-state index in [4.69, 9.17) is 13.9 Å². The van der Waals surface area contributed by atoms with Crippen LogP contribution in [0.15, 0.2) is 65.6 Å². The van der Waals surface area contributed by atoms with E-state index in [2.05, 4.69) is 38.6 Å². The molecule has 0 heterocycles. The summed E-state index contributed by atoms with van der Waals surface area (Å²) in [6.45, 7) is 17.9. The number of rotatable bonds is 11. The molecular weight excluding hydrogens is 567 g/mol. The van der Waals surface area contributed by atoms with E-state index in [1.54, 1.807) is 62.4 Å². The SMILES string of the molecule is COc1ccccc1C(O)(c1ccccc1OC)C(NS(=O)(=O)c1c(C)cc(C)cc1C)C(C)O[Si](C)(C)C(C)(C)C. The van der Waals surface area contributed by atoms with Crippen molar-refractivity contribution in [3.05, 3.63) is 88.5 Å². The minimum absolute atomic E-state index is 0.165. The van der Waals surface area contributed by atoms with Gasteiger partial charge in [-0.1, -0.05) is 74.9 Å². The van der Waals surface area contributed by atoms with Crippen LogP contribution in [-0.2, 0) is 20.1 Å². The lowest BCUT2D eigenvalue weighted by Gasteiger charge is -2.45. The number of ether oxygens (including phenoxy) is 2. The van der Waals surface area contributed by atoms with Crippen molar-refractivity contribution in [2.24, 2.45) is 0 Å². The van der Waals surface area contributed by atoms with Gasteiger partial charge in [-0.2, -0.15) is 0 Å². The van der Waals surface area contributed by atoms with Crippen molar-refractivity contribution in [3.63, 3.8) is 0 Å². The zero-order chi connectivity index (χ0) is 31.7. The molecule has 2 N–H and O–H groups in total. The molecule has 0 bridgehead atoms. The fraction of sp³-hybridized carbons (Fsp3) is 0.455. The largest absolute Gasteiger partial charge is 0.496 e. The molecule has 0 spiro atoms. The molecule has 3 rings (SSSR count). The minimum Gasteiger partial charge on any atom is -0.496 e. The van der Waals surface area contributed by atoms with Crippen molar-refractivity contribution in [1.82, 2.24) is 4.72 Å². The molecule has 0 saturated carbocycles. The molecule has 0 aliphatic carbocycles. The van der Waals surface area contributed by atoms with E-state index in [1.165, 1.54) is 14.2 Å². The Kier molecular flexibility index (Phi) is 10.1. The van der Waals surface area contributed by atoms with Gasteiger partial charge in [0.1, 0.15) is 17.1 Å². The molecule has 3 aromatic carbocycles. The summed E-state index contributed by atoms with van der Waals surface area (Å²) in [5, 5.41) is 13.0. The number of aryl methyl sites for hydroxylation is 3. The van der Waals surface area contributed by atoms with Crippen LogP contribution in [-0.4, -0.2) is 48.2 Å². The van der Waals surface area contributed by atoms with E-state index in [-0.39, 0.29) is 9.93 Å². The molecule has 7 nitrogen and oxygen atoms in total. The summed E-state index contributed by atoms with van der Waals surface area (Å²) in [5.41, 5.74) is 1.00. The van der Waals surface area contributed by atoms with Crippen LogP contribution in [0.5, 0.6) is 11.5 Å². The Morgan fingerprint density at radius 1 is 0.833 bits per heavy atom. The zero-order valence-electron chi connectivity index (χ0n) is 26.8. The Morgan fingerprint density at radius 3 is 1.67 bits per heavy atom. The van der Waals surface area contributed by atoms with Gasteiger partial charge in [-0.3, -0.25) is 0 Å². The first-order valence-electron chi connectivity index (χ1n) is 14.2. The molecule has 0 radical (unpaired) electrons. The summed E-state index contributed by atoms with van der Waals surface area (Å²) in [6, 6.07) is 16.7. The normalized spacial score (nSPS) is 14.4. The first-order valence-corrected chi connectivity index (χ1v) is 18.6. The minimum atomic E-state index is -4.17. The standard InChI is InChI=1S/C33H47NO6SSi/c1-22-20-23(2)30(24(3)21-22)41(36,37)34-31(25(4)40-42(10,11)32(5,6)7)33(35,26-16-12-14-18-28(26)38-8)27-17-13-15-19-29(27)39-9/h12-21,25,31,34-35H,1-11H3. The molecule has 0 saturated heterocycles. The maximum Gasteiger partial charge on any atom is 0.241 e. The molecule has 0 fully saturated rings. The van der Waals surface area contributed by atoms with Crippen molar-refractivity contribution in [3.8, 4) is 11.5 Å². The van der Waals surface area contributed by atoms with Crippen LogP contribution in [0.4, 0.5) is 0 Å². The molecule has 230 valence electrons.